The van der Waals surface area contributed by atoms with Gasteiger partial charge in [0, 0.05) is 0 Å². The number of thiophene rings is 1. The lowest BCUT2D eigenvalue weighted by atomic mass is 10.5. The third-order valence-electron chi connectivity index (χ3n) is 1.20. The van der Waals surface area contributed by atoms with Crippen LogP contribution in [0.15, 0.2) is 16.5 Å². The van der Waals surface area contributed by atoms with Gasteiger partial charge in [-0.1, -0.05) is 22.9 Å². The second kappa shape index (κ2) is 3.33. The molecule has 0 bridgehead atoms. The van der Waals surface area contributed by atoms with E-state index in [1.165, 1.54) is 22.7 Å². The van der Waals surface area contributed by atoms with Crippen LogP contribution in [0.3, 0.4) is 0 Å². The number of aromatic nitrogens is 2. The molecule has 0 spiro atoms. The smallest absolute Gasteiger partial charge is 0.136 e. The van der Waals surface area contributed by atoms with Crippen molar-refractivity contribution in [2.75, 3.05) is 0 Å². The second-order valence-electron chi connectivity index (χ2n) is 1.99. The molecule has 0 radical (unpaired) electrons. The van der Waals surface area contributed by atoms with E-state index in [1.807, 2.05) is 12.1 Å². The summed E-state index contributed by atoms with van der Waals surface area (Å²) in [5, 5.41) is 8.61. The first-order valence-electron chi connectivity index (χ1n) is 3.04. The van der Waals surface area contributed by atoms with Gasteiger partial charge in [-0.2, -0.15) is 0 Å². The summed E-state index contributed by atoms with van der Waals surface area (Å²) in [7, 11) is 0. The Morgan fingerprint density at radius 1 is 1.25 bits per heavy atom. The van der Waals surface area contributed by atoms with Crippen molar-refractivity contribution in [1.82, 2.24) is 10.2 Å². The van der Waals surface area contributed by atoms with E-state index in [-0.39, 0.29) is 0 Å². The van der Waals surface area contributed by atoms with Crippen molar-refractivity contribution >= 4 is 46.9 Å². The van der Waals surface area contributed by atoms with Crippen LogP contribution in [0.4, 0.5) is 0 Å². The van der Waals surface area contributed by atoms with Gasteiger partial charge < -0.3 is 0 Å². The Bertz CT molecular complexity index is 357. The minimum absolute atomic E-state index is 0.675. The highest BCUT2D eigenvalue weighted by molar-refractivity contribution is 7.82. The monoisotopic (exact) mass is 234 g/mol. The normalized spacial score (nSPS) is 10.5. The molecule has 0 N–H and O–H groups in total. The zero-order valence-corrected chi connectivity index (χ0v) is 8.97. The maximum absolute atomic E-state index is 5.77. The summed E-state index contributed by atoms with van der Waals surface area (Å²) in [5.41, 5.74) is 0. The van der Waals surface area contributed by atoms with E-state index in [0.29, 0.717) is 4.34 Å². The van der Waals surface area contributed by atoms with Gasteiger partial charge in [-0.25, -0.2) is 0 Å². The van der Waals surface area contributed by atoms with E-state index >= 15 is 0 Å². The number of halogens is 1. The predicted octanol–water partition coefficient (Wildman–Crippen LogP) is 3.21. The van der Waals surface area contributed by atoms with E-state index in [4.69, 9.17) is 11.6 Å². The topological polar surface area (TPSA) is 25.8 Å². The maximum atomic E-state index is 5.77. The van der Waals surface area contributed by atoms with Gasteiger partial charge in [-0.15, -0.1) is 34.2 Å². The summed E-state index contributed by atoms with van der Waals surface area (Å²) < 4.78 is 1.44. The molecule has 12 heavy (non-hydrogen) atoms. The van der Waals surface area contributed by atoms with E-state index in [0.717, 1.165) is 14.2 Å². The fraction of sp³-hybridized carbons (Fsp3) is 0. The van der Waals surface area contributed by atoms with Crippen LogP contribution in [0.1, 0.15) is 0 Å². The van der Waals surface area contributed by atoms with Gasteiger partial charge >= 0.3 is 0 Å². The van der Waals surface area contributed by atoms with Gasteiger partial charge in [0.1, 0.15) is 0 Å². The molecule has 0 atom stereocenters. The standard InChI is InChI=1S/C6H3ClN2S3/c7-4-2-1-3(11-4)5-8-9-6(10)12-5/h1-2H,(H,9,10). The zero-order valence-electron chi connectivity index (χ0n) is 5.69. The van der Waals surface area contributed by atoms with Crippen LogP contribution in [0, 0.1) is 0 Å². The van der Waals surface area contributed by atoms with Crippen molar-refractivity contribution in [2.24, 2.45) is 0 Å². The third-order valence-corrected chi connectivity index (χ3v) is 3.69. The Labute approximate surface area is 87.6 Å². The molecular weight excluding hydrogens is 232 g/mol. The summed E-state index contributed by atoms with van der Waals surface area (Å²) in [6.45, 7) is 0. The Balaban J connectivity index is 2.43. The second-order valence-corrected chi connectivity index (χ2v) is 5.41. The Hall–Kier alpha value is -0.100. The largest absolute Gasteiger partial charge is 0.171 e. The lowest BCUT2D eigenvalue weighted by Crippen LogP contribution is -1.68. The van der Waals surface area contributed by atoms with Crippen LogP contribution >= 0.6 is 46.9 Å². The molecule has 2 aromatic heterocycles. The van der Waals surface area contributed by atoms with Crippen molar-refractivity contribution in [1.29, 1.82) is 0 Å². The molecule has 0 saturated carbocycles. The Morgan fingerprint density at radius 3 is 2.58 bits per heavy atom. The van der Waals surface area contributed by atoms with Gasteiger partial charge in [0.25, 0.3) is 0 Å². The first kappa shape index (κ1) is 8.50. The lowest BCUT2D eigenvalue weighted by molar-refractivity contribution is 1.02. The highest BCUT2D eigenvalue weighted by Crippen LogP contribution is 2.33. The first-order chi connectivity index (χ1) is 5.75. The molecule has 2 nitrogen and oxygen atoms in total. The van der Waals surface area contributed by atoms with E-state index < -0.39 is 0 Å². The number of thiol groups is 1. The molecule has 0 unspecified atom stereocenters. The number of hydrogen-bond acceptors (Lipinski definition) is 5. The number of rotatable bonds is 1. The van der Waals surface area contributed by atoms with Gasteiger partial charge in [-0.05, 0) is 12.1 Å². The highest BCUT2D eigenvalue weighted by atomic mass is 35.5. The van der Waals surface area contributed by atoms with E-state index in [2.05, 4.69) is 22.8 Å². The summed E-state index contributed by atoms with van der Waals surface area (Å²) in [6.07, 6.45) is 0. The molecule has 2 heterocycles. The van der Waals surface area contributed by atoms with Crippen LogP contribution in [0.25, 0.3) is 9.88 Å². The molecule has 2 aromatic rings. The van der Waals surface area contributed by atoms with Crippen LogP contribution in [-0.4, -0.2) is 10.2 Å². The summed E-state index contributed by atoms with van der Waals surface area (Å²) in [5.74, 6) is 0. The predicted molar refractivity (Wildman–Crippen MR) is 55.5 cm³/mol. The average Bonchev–Trinajstić information content (AvgIpc) is 2.58. The van der Waals surface area contributed by atoms with Crippen LogP contribution in [-0.2, 0) is 0 Å². The molecule has 0 amide bonds. The molecular formula is C6H3ClN2S3. The van der Waals surface area contributed by atoms with Crippen molar-refractivity contribution in [3.8, 4) is 9.88 Å². The van der Waals surface area contributed by atoms with Crippen LogP contribution in [0.2, 0.25) is 4.34 Å². The Kier molecular flexibility index (Phi) is 2.36. The fourth-order valence-corrected chi connectivity index (χ4v) is 2.73. The summed E-state index contributed by atoms with van der Waals surface area (Å²) in [6, 6.07) is 3.78. The molecule has 0 aromatic carbocycles. The SMILES string of the molecule is Sc1nnc(-c2ccc(Cl)s2)s1. The molecule has 0 aliphatic heterocycles. The van der Waals surface area contributed by atoms with Gasteiger partial charge in [0.2, 0.25) is 0 Å². The van der Waals surface area contributed by atoms with Crippen molar-refractivity contribution in [3.63, 3.8) is 0 Å². The molecule has 0 aliphatic rings. The minimum Gasteiger partial charge on any atom is -0.136 e. The van der Waals surface area contributed by atoms with Gasteiger partial charge in [0.05, 0.1) is 9.21 Å². The number of nitrogens with zero attached hydrogens (tertiary/aromatic N) is 2. The highest BCUT2D eigenvalue weighted by Gasteiger charge is 2.06. The van der Waals surface area contributed by atoms with Crippen molar-refractivity contribution in [3.05, 3.63) is 16.5 Å². The Morgan fingerprint density at radius 2 is 2.08 bits per heavy atom. The quantitative estimate of drug-likeness (QED) is 0.767. The first-order valence-corrected chi connectivity index (χ1v) is 5.50. The molecule has 6 heteroatoms. The van der Waals surface area contributed by atoms with E-state index in [9.17, 15) is 0 Å². The van der Waals surface area contributed by atoms with Crippen molar-refractivity contribution < 1.29 is 0 Å². The van der Waals surface area contributed by atoms with Gasteiger partial charge in [-0.3, -0.25) is 0 Å². The molecule has 62 valence electrons. The molecule has 2 rings (SSSR count). The van der Waals surface area contributed by atoms with Crippen molar-refractivity contribution in [2.45, 2.75) is 4.34 Å². The average molecular weight is 235 g/mol. The van der Waals surface area contributed by atoms with Crippen LogP contribution in [0.5, 0.6) is 0 Å². The molecule has 0 saturated heterocycles. The summed E-state index contributed by atoms with van der Waals surface area (Å²) >= 11 is 12.8. The fourth-order valence-electron chi connectivity index (χ4n) is 0.744. The molecule has 0 fully saturated rings. The number of hydrogen-bond donors (Lipinski definition) is 1. The molecule has 0 aliphatic carbocycles. The van der Waals surface area contributed by atoms with E-state index in [1.54, 1.807) is 0 Å². The van der Waals surface area contributed by atoms with Gasteiger partial charge in [0.15, 0.2) is 9.35 Å². The van der Waals surface area contributed by atoms with Crippen LogP contribution < -0.4 is 0 Å². The summed E-state index contributed by atoms with van der Waals surface area (Å²) in [4.78, 5) is 1.04. The maximum Gasteiger partial charge on any atom is 0.171 e. The minimum atomic E-state index is 0.675. The third kappa shape index (κ3) is 1.64. The zero-order chi connectivity index (χ0) is 8.55. The lowest BCUT2D eigenvalue weighted by Gasteiger charge is -1.82.